The van der Waals surface area contributed by atoms with Crippen LogP contribution in [-0.4, -0.2) is 36.0 Å². The molecule has 1 aliphatic rings. The summed E-state index contributed by atoms with van der Waals surface area (Å²) in [5, 5.41) is 11.8. The van der Waals surface area contributed by atoms with Crippen LogP contribution in [0.5, 0.6) is 0 Å². The Morgan fingerprint density at radius 3 is 2.48 bits per heavy atom. The van der Waals surface area contributed by atoms with E-state index in [9.17, 15) is 10.1 Å². The van der Waals surface area contributed by atoms with E-state index in [0.717, 1.165) is 49.8 Å². The van der Waals surface area contributed by atoms with Crippen molar-refractivity contribution in [3.63, 3.8) is 0 Å². The van der Waals surface area contributed by atoms with E-state index in [1.54, 1.807) is 12.1 Å². The van der Waals surface area contributed by atoms with Crippen molar-refractivity contribution in [1.29, 1.82) is 0 Å². The summed E-state index contributed by atoms with van der Waals surface area (Å²) in [4.78, 5) is 15.4. The van der Waals surface area contributed by atoms with Crippen LogP contribution >= 0.6 is 11.6 Å². The first kappa shape index (κ1) is 19.5. The molecule has 7 heteroatoms. The summed E-state index contributed by atoms with van der Waals surface area (Å²) in [5.41, 5.74) is 2.94. The molecule has 3 aromatic rings. The van der Waals surface area contributed by atoms with Gasteiger partial charge < -0.3 is 9.32 Å². The molecule has 1 saturated heterocycles. The van der Waals surface area contributed by atoms with Crippen molar-refractivity contribution in [3.8, 4) is 11.3 Å². The molecule has 1 aliphatic heterocycles. The third-order valence-corrected chi connectivity index (χ3v) is 5.56. The third-order valence-electron chi connectivity index (χ3n) is 5.32. The van der Waals surface area contributed by atoms with Crippen LogP contribution in [0.2, 0.25) is 5.02 Å². The Kier molecular flexibility index (Phi) is 5.56. The number of aryl methyl sites for hydroxylation is 1. The van der Waals surface area contributed by atoms with Gasteiger partial charge in [0.05, 0.1) is 4.92 Å². The largest absolute Gasteiger partial charge is 0.461 e. The average molecular weight is 412 g/mol. The van der Waals surface area contributed by atoms with Crippen molar-refractivity contribution in [2.24, 2.45) is 0 Å². The Balaban J connectivity index is 1.43. The molecule has 0 N–H and O–H groups in total. The Morgan fingerprint density at radius 1 is 1.07 bits per heavy atom. The number of halogens is 1. The van der Waals surface area contributed by atoms with Crippen LogP contribution in [0.1, 0.15) is 11.3 Å². The molecule has 0 aliphatic carbocycles. The first-order valence-corrected chi connectivity index (χ1v) is 9.95. The fourth-order valence-electron chi connectivity index (χ4n) is 3.72. The number of hydrogen-bond acceptors (Lipinski definition) is 5. The SMILES string of the molecule is Cc1oc(-c2ccccc2)cc1CN1CCN(c2ccc(Cl)cc2[N+](=O)[O-])CC1. The molecule has 0 saturated carbocycles. The minimum Gasteiger partial charge on any atom is -0.461 e. The monoisotopic (exact) mass is 411 g/mol. The van der Waals surface area contributed by atoms with Gasteiger partial charge in [-0.05, 0) is 25.1 Å². The number of hydrogen-bond donors (Lipinski definition) is 0. The molecule has 2 heterocycles. The predicted octanol–water partition coefficient (Wildman–Crippen LogP) is 5.14. The maximum absolute atomic E-state index is 11.4. The standard InChI is InChI=1S/C22H22ClN3O3/c1-16-18(13-22(29-16)17-5-3-2-4-6-17)15-24-9-11-25(12-10-24)20-8-7-19(23)14-21(20)26(27)28/h2-8,13-14H,9-12,15H2,1H3. The second-order valence-electron chi connectivity index (χ2n) is 7.21. The first-order valence-electron chi connectivity index (χ1n) is 9.57. The molecule has 0 unspecified atom stereocenters. The van der Waals surface area contributed by atoms with Crippen LogP contribution in [0.3, 0.4) is 0 Å². The summed E-state index contributed by atoms with van der Waals surface area (Å²) in [7, 11) is 0. The molecule has 6 nitrogen and oxygen atoms in total. The maximum Gasteiger partial charge on any atom is 0.294 e. The van der Waals surface area contributed by atoms with E-state index in [0.29, 0.717) is 10.7 Å². The van der Waals surface area contributed by atoms with Crippen LogP contribution in [0.15, 0.2) is 59.0 Å². The molecule has 0 radical (unpaired) electrons. The minimum absolute atomic E-state index is 0.0594. The summed E-state index contributed by atoms with van der Waals surface area (Å²) in [6.45, 7) is 5.90. The third kappa shape index (κ3) is 4.28. The number of anilines is 1. The molecule has 150 valence electrons. The molecule has 29 heavy (non-hydrogen) atoms. The molecule has 0 atom stereocenters. The van der Waals surface area contributed by atoms with Gasteiger partial charge in [-0.3, -0.25) is 15.0 Å². The van der Waals surface area contributed by atoms with Gasteiger partial charge in [-0.25, -0.2) is 0 Å². The van der Waals surface area contributed by atoms with Gasteiger partial charge in [0.15, 0.2) is 0 Å². The number of nitro groups is 1. The van der Waals surface area contributed by atoms with E-state index >= 15 is 0 Å². The van der Waals surface area contributed by atoms with E-state index in [1.165, 1.54) is 11.6 Å². The van der Waals surface area contributed by atoms with Crippen LogP contribution < -0.4 is 4.90 Å². The zero-order chi connectivity index (χ0) is 20.4. The van der Waals surface area contributed by atoms with Crippen molar-refractivity contribution < 1.29 is 9.34 Å². The van der Waals surface area contributed by atoms with Crippen molar-refractivity contribution in [1.82, 2.24) is 4.90 Å². The molecular weight excluding hydrogens is 390 g/mol. The number of benzene rings is 2. The summed E-state index contributed by atoms with van der Waals surface area (Å²) < 4.78 is 5.96. The Hall–Kier alpha value is -2.83. The summed E-state index contributed by atoms with van der Waals surface area (Å²) >= 11 is 5.93. The fourth-order valence-corrected chi connectivity index (χ4v) is 3.89. The predicted molar refractivity (Wildman–Crippen MR) is 114 cm³/mol. The number of nitro benzene ring substituents is 1. The van der Waals surface area contributed by atoms with Gasteiger partial charge in [-0.1, -0.05) is 41.9 Å². The summed E-state index contributed by atoms with van der Waals surface area (Å²) in [5.74, 6) is 1.81. The molecular formula is C22H22ClN3O3. The molecule has 4 rings (SSSR count). The fraction of sp³-hybridized carbons (Fsp3) is 0.273. The molecule has 0 spiro atoms. The van der Waals surface area contributed by atoms with E-state index in [2.05, 4.69) is 15.9 Å². The Bertz CT molecular complexity index is 1010. The lowest BCUT2D eigenvalue weighted by atomic mass is 10.1. The normalized spacial score (nSPS) is 14.9. The van der Waals surface area contributed by atoms with Gasteiger partial charge in [-0.15, -0.1) is 0 Å². The first-order chi connectivity index (χ1) is 14.0. The molecule has 1 aromatic heterocycles. The van der Waals surface area contributed by atoms with Crippen LogP contribution in [0, 0.1) is 17.0 Å². The number of nitrogens with zero attached hydrogens (tertiary/aromatic N) is 3. The Morgan fingerprint density at radius 2 is 1.79 bits per heavy atom. The lowest BCUT2D eigenvalue weighted by Gasteiger charge is -2.35. The highest BCUT2D eigenvalue weighted by Crippen LogP contribution is 2.32. The average Bonchev–Trinajstić information content (AvgIpc) is 3.09. The number of furan rings is 1. The molecule has 0 bridgehead atoms. The van der Waals surface area contributed by atoms with E-state index < -0.39 is 0 Å². The highest BCUT2D eigenvalue weighted by atomic mass is 35.5. The number of piperazine rings is 1. The Labute approximate surface area is 174 Å². The summed E-state index contributed by atoms with van der Waals surface area (Å²) in [6, 6.07) is 17.1. The zero-order valence-corrected chi connectivity index (χ0v) is 16.9. The zero-order valence-electron chi connectivity index (χ0n) is 16.2. The smallest absolute Gasteiger partial charge is 0.294 e. The van der Waals surface area contributed by atoms with Gasteiger partial charge in [0, 0.05) is 54.9 Å². The quantitative estimate of drug-likeness (QED) is 0.429. The van der Waals surface area contributed by atoms with Gasteiger partial charge in [-0.2, -0.15) is 0 Å². The molecule has 2 aromatic carbocycles. The van der Waals surface area contributed by atoms with Gasteiger partial charge in [0.25, 0.3) is 5.69 Å². The van der Waals surface area contributed by atoms with Crippen LogP contribution in [0.25, 0.3) is 11.3 Å². The van der Waals surface area contributed by atoms with Gasteiger partial charge in [0.1, 0.15) is 17.2 Å². The van der Waals surface area contributed by atoms with Crippen molar-refractivity contribution in [2.45, 2.75) is 13.5 Å². The maximum atomic E-state index is 11.4. The van der Waals surface area contributed by atoms with Crippen molar-refractivity contribution >= 4 is 23.0 Å². The van der Waals surface area contributed by atoms with Crippen molar-refractivity contribution in [3.05, 3.63) is 81.1 Å². The second-order valence-corrected chi connectivity index (χ2v) is 7.65. The van der Waals surface area contributed by atoms with Gasteiger partial charge >= 0.3 is 0 Å². The highest BCUT2D eigenvalue weighted by molar-refractivity contribution is 6.30. The minimum atomic E-state index is -0.368. The number of rotatable bonds is 5. The van der Waals surface area contributed by atoms with E-state index in [1.807, 2.05) is 37.3 Å². The topological polar surface area (TPSA) is 62.8 Å². The van der Waals surface area contributed by atoms with Crippen LogP contribution in [0.4, 0.5) is 11.4 Å². The lowest BCUT2D eigenvalue weighted by molar-refractivity contribution is -0.384. The second kappa shape index (κ2) is 8.27. The summed E-state index contributed by atoms with van der Waals surface area (Å²) in [6.07, 6.45) is 0. The van der Waals surface area contributed by atoms with Gasteiger partial charge in [0.2, 0.25) is 0 Å². The molecule has 0 amide bonds. The highest BCUT2D eigenvalue weighted by Gasteiger charge is 2.24. The molecule has 1 fully saturated rings. The van der Waals surface area contributed by atoms with Crippen molar-refractivity contribution in [2.75, 3.05) is 31.1 Å². The van der Waals surface area contributed by atoms with E-state index in [-0.39, 0.29) is 10.6 Å². The van der Waals surface area contributed by atoms with E-state index in [4.69, 9.17) is 16.0 Å². The van der Waals surface area contributed by atoms with Crippen LogP contribution in [-0.2, 0) is 6.54 Å². The lowest BCUT2D eigenvalue weighted by Crippen LogP contribution is -2.46.